The molecule has 1 heterocycles. The molecule has 1 aromatic rings. The Labute approximate surface area is 140 Å². The lowest BCUT2D eigenvalue weighted by Gasteiger charge is -2.33. The minimum Gasteiger partial charge on any atom is -0.387 e. The van der Waals surface area contributed by atoms with Crippen LogP contribution in [-0.2, 0) is 4.79 Å². The number of carbonyl (C=O) groups excluding carboxylic acids is 2. The molecule has 3 rings (SSSR count). The number of imide groups is 1. The maximum Gasteiger partial charge on any atom is 0.325 e. The highest BCUT2D eigenvalue weighted by Crippen LogP contribution is 2.36. The maximum absolute atomic E-state index is 12.7. The maximum atomic E-state index is 12.7. The molecule has 1 aliphatic carbocycles. The molecule has 1 spiro atoms. The van der Waals surface area contributed by atoms with Crippen molar-refractivity contribution < 1.29 is 14.7 Å². The summed E-state index contributed by atoms with van der Waals surface area (Å²) >= 11 is 5.83. The number of aliphatic hydroxyl groups is 1. The Morgan fingerprint density at radius 2 is 1.91 bits per heavy atom. The second-order valence-corrected chi connectivity index (χ2v) is 7.11. The number of β-amino-alcohol motifs (C(OH)–C–C–N with tert-alkyl or cyclic N) is 1. The van der Waals surface area contributed by atoms with Crippen molar-refractivity contribution in [2.75, 3.05) is 6.54 Å². The van der Waals surface area contributed by atoms with E-state index in [4.69, 9.17) is 11.6 Å². The molecule has 2 N–H and O–H groups in total. The Morgan fingerprint density at radius 1 is 1.30 bits per heavy atom. The van der Waals surface area contributed by atoms with Crippen LogP contribution in [0.3, 0.4) is 0 Å². The molecule has 1 atom stereocenters. The quantitative estimate of drug-likeness (QED) is 0.834. The standard InChI is InChI=1S/C17H21ClN2O3/c1-11-6-8-17(9-7-11)15(22)20(16(23)19-17)10-14(21)12-2-4-13(18)5-3-12/h2-5,11,14,21H,6-10H2,1H3,(H,19,23)/t11?,14-,17?/m1/s1. The molecular formula is C17H21ClN2O3. The highest BCUT2D eigenvalue weighted by Gasteiger charge is 2.52. The summed E-state index contributed by atoms with van der Waals surface area (Å²) in [6.07, 6.45) is 2.29. The van der Waals surface area contributed by atoms with Gasteiger partial charge in [-0.25, -0.2) is 4.79 Å². The normalized spacial score (nSPS) is 29.0. The number of hydrogen-bond donors (Lipinski definition) is 2. The Bertz CT molecular complexity index is 609. The number of rotatable bonds is 3. The van der Waals surface area contributed by atoms with Crippen LogP contribution in [0.1, 0.15) is 44.3 Å². The van der Waals surface area contributed by atoms with Crippen LogP contribution in [0.25, 0.3) is 0 Å². The summed E-state index contributed by atoms with van der Waals surface area (Å²) in [6, 6.07) is 6.34. The summed E-state index contributed by atoms with van der Waals surface area (Å²) in [7, 11) is 0. The third kappa shape index (κ3) is 3.08. The third-order valence-electron chi connectivity index (χ3n) is 4.98. The Balaban J connectivity index is 1.72. The number of nitrogens with one attached hydrogen (secondary N) is 1. The van der Waals surface area contributed by atoms with Gasteiger partial charge in [0.1, 0.15) is 5.54 Å². The lowest BCUT2D eigenvalue weighted by atomic mass is 9.77. The zero-order valence-electron chi connectivity index (χ0n) is 13.1. The van der Waals surface area contributed by atoms with Crippen molar-refractivity contribution in [3.63, 3.8) is 0 Å². The lowest BCUT2D eigenvalue weighted by Crippen LogP contribution is -2.49. The van der Waals surface area contributed by atoms with Gasteiger partial charge in [0.2, 0.25) is 0 Å². The van der Waals surface area contributed by atoms with Crippen molar-refractivity contribution in [1.82, 2.24) is 10.2 Å². The van der Waals surface area contributed by atoms with Gasteiger partial charge in [-0.2, -0.15) is 0 Å². The summed E-state index contributed by atoms with van der Waals surface area (Å²) in [4.78, 5) is 26.1. The summed E-state index contributed by atoms with van der Waals surface area (Å²) in [5.74, 6) is 0.376. The highest BCUT2D eigenvalue weighted by atomic mass is 35.5. The van der Waals surface area contributed by atoms with E-state index in [2.05, 4.69) is 12.2 Å². The number of benzene rings is 1. The molecule has 1 saturated carbocycles. The van der Waals surface area contributed by atoms with Gasteiger partial charge in [-0.05, 0) is 49.3 Å². The zero-order valence-corrected chi connectivity index (χ0v) is 13.8. The predicted octanol–water partition coefficient (Wildman–Crippen LogP) is 2.87. The lowest BCUT2D eigenvalue weighted by molar-refractivity contribution is -0.133. The molecule has 2 fully saturated rings. The van der Waals surface area contributed by atoms with Crippen LogP contribution < -0.4 is 5.32 Å². The van der Waals surface area contributed by atoms with Crippen molar-refractivity contribution in [2.45, 2.75) is 44.2 Å². The monoisotopic (exact) mass is 336 g/mol. The van der Waals surface area contributed by atoms with Crippen molar-refractivity contribution in [2.24, 2.45) is 5.92 Å². The molecule has 0 bridgehead atoms. The summed E-state index contributed by atoms with van der Waals surface area (Å²) < 4.78 is 0. The first kappa shape index (κ1) is 16.3. The van der Waals surface area contributed by atoms with Crippen molar-refractivity contribution >= 4 is 23.5 Å². The number of hydrogen-bond acceptors (Lipinski definition) is 3. The molecule has 5 nitrogen and oxygen atoms in total. The van der Waals surface area contributed by atoms with Gasteiger partial charge < -0.3 is 10.4 Å². The number of nitrogens with zero attached hydrogens (tertiary/aromatic N) is 1. The van der Waals surface area contributed by atoms with Gasteiger partial charge in [0.15, 0.2) is 0 Å². The van der Waals surface area contributed by atoms with E-state index in [-0.39, 0.29) is 12.5 Å². The van der Waals surface area contributed by atoms with E-state index in [0.29, 0.717) is 29.3 Å². The number of urea groups is 1. The van der Waals surface area contributed by atoms with Gasteiger partial charge in [-0.1, -0.05) is 30.7 Å². The molecule has 6 heteroatoms. The van der Waals surface area contributed by atoms with E-state index in [1.807, 2.05) is 0 Å². The molecule has 124 valence electrons. The molecule has 0 radical (unpaired) electrons. The van der Waals surface area contributed by atoms with E-state index in [9.17, 15) is 14.7 Å². The smallest absolute Gasteiger partial charge is 0.325 e. The predicted molar refractivity (Wildman–Crippen MR) is 87.0 cm³/mol. The van der Waals surface area contributed by atoms with E-state index >= 15 is 0 Å². The highest BCUT2D eigenvalue weighted by molar-refractivity contribution is 6.30. The van der Waals surface area contributed by atoms with Crippen LogP contribution in [0.15, 0.2) is 24.3 Å². The zero-order chi connectivity index (χ0) is 16.6. The average molecular weight is 337 g/mol. The van der Waals surface area contributed by atoms with Crippen molar-refractivity contribution in [1.29, 1.82) is 0 Å². The third-order valence-corrected chi connectivity index (χ3v) is 5.24. The fourth-order valence-electron chi connectivity index (χ4n) is 3.40. The second-order valence-electron chi connectivity index (χ2n) is 6.68. The second kappa shape index (κ2) is 6.13. The molecular weight excluding hydrogens is 316 g/mol. The topological polar surface area (TPSA) is 69.6 Å². The van der Waals surface area contributed by atoms with Crippen LogP contribution in [-0.4, -0.2) is 34.0 Å². The van der Waals surface area contributed by atoms with Crippen LogP contribution in [0, 0.1) is 5.92 Å². The molecule has 3 amide bonds. The first-order valence-corrected chi connectivity index (χ1v) is 8.37. The summed E-state index contributed by atoms with van der Waals surface area (Å²) in [5.41, 5.74) is -0.128. The first-order valence-electron chi connectivity index (χ1n) is 7.99. The van der Waals surface area contributed by atoms with Gasteiger partial charge in [-0.3, -0.25) is 9.69 Å². The SMILES string of the molecule is CC1CCC2(CC1)NC(=O)N(C[C@@H](O)c1ccc(Cl)cc1)C2=O. The van der Waals surface area contributed by atoms with Gasteiger partial charge in [-0.15, -0.1) is 0 Å². The minimum atomic E-state index is -0.917. The molecule has 23 heavy (non-hydrogen) atoms. The fraction of sp³-hybridized carbons (Fsp3) is 0.529. The number of amides is 3. The minimum absolute atomic E-state index is 0.0381. The summed E-state index contributed by atoms with van der Waals surface area (Å²) in [6.45, 7) is 2.12. The molecule has 1 aliphatic heterocycles. The van der Waals surface area contributed by atoms with Crippen molar-refractivity contribution in [3.8, 4) is 0 Å². The largest absolute Gasteiger partial charge is 0.387 e. The molecule has 1 saturated heterocycles. The average Bonchev–Trinajstić information content (AvgIpc) is 2.75. The van der Waals surface area contributed by atoms with Crippen LogP contribution in [0.5, 0.6) is 0 Å². The van der Waals surface area contributed by atoms with E-state index in [0.717, 1.165) is 17.7 Å². The Kier molecular flexibility index (Phi) is 4.34. The molecule has 2 aliphatic rings. The van der Waals surface area contributed by atoms with Crippen LogP contribution in [0.2, 0.25) is 5.02 Å². The van der Waals surface area contributed by atoms with E-state index in [1.165, 1.54) is 0 Å². The fourth-order valence-corrected chi connectivity index (χ4v) is 3.53. The summed E-state index contributed by atoms with van der Waals surface area (Å²) in [5, 5.41) is 13.8. The van der Waals surface area contributed by atoms with Gasteiger partial charge in [0.05, 0.1) is 12.6 Å². The van der Waals surface area contributed by atoms with E-state index < -0.39 is 17.7 Å². The van der Waals surface area contributed by atoms with Crippen LogP contribution >= 0.6 is 11.6 Å². The Morgan fingerprint density at radius 3 is 2.52 bits per heavy atom. The molecule has 1 aromatic carbocycles. The van der Waals surface area contributed by atoms with E-state index in [1.54, 1.807) is 24.3 Å². The van der Waals surface area contributed by atoms with Crippen molar-refractivity contribution in [3.05, 3.63) is 34.9 Å². The number of carbonyl (C=O) groups is 2. The van der Waals surface area contributed by atoms with Gasteiger partial charge in [0.25, 0.3) is 5.91 Å². The van der Waals surface area contributed by atoms with Gasteiger partial charge in [0, 0.05) is 5.02 Å². The first-order chi connectivity index (χ1) is 10.9. The van der Waals surface area contributed by atoms with Gasteiger partial charge >= 0.3 is 6.03 Å². The molecule has 0 unspecified atom stereocenters. The number of aliphatic hydroxyl groups excluding tert-OH is 1. The molecule has 0 aromatic heterocycles. The number of halogens is 1. The van der Waals surface area contributed by atoms with Crippen LogP contribution in [0.4, 0.5) is 4.79 Å². The Hall–Kier alpha value is -1.59.